The molecule has 4 nitrogen and oxygen atoms in total. The lowest BCUT2D eigenvalue weighted by atomic mass is 10.2. The summed E-state index contributed by atoms with van der Waals surface area (Å²) in [7, 11) is -2.97. The molecule has 112 valence electrons. The number of sulfone groups is 1. The molecule has 0 unspecified atom stereocenters. The van der Waals surface area contributed by atoms with E-state index in [9.17, 15) is 12.8 Å². The van der Waals surface area contributed by atoms with Crippen LogP contribution in [0.3, 0.4) is 0 Å². The molecule has 1 aliphatic rings. The number of nitrogens with one attached hydrogen (secondary N) is 1. The van der Waals surface area contributed by atoms with Crippen LogP contribution in [0.5, 0.6) is 5.75 Å². The van der Waals surface area contributed by atoms with E-state index < -0.39 is 9.84 Å². The molecule has 1 N–H and O–H groups in total. The Balaban J connectivity index is 1.83. The van der Waals surface area contributed by atoms with E-state index in [1.807, 2.05) is 0 Å². The van der Waals surface area contributed by atoms with Crippen molar-refractivity contribution in [2.75, 3.05) is 18.6 Å². The third-order valence-corrected chi connectivity index (χ3v) is 4.06. The van der Waals surface area contributed by atoms with Gasteiger partial charge in [0, 0.05) is 24.9 Å². The van der Waals surface area contributed by atoms with Gasteiger partial charge in [0.2, 0.25) is 0 Å². The lowest BCUT2D eigenvalue weighted by Crippen LogP contribution is -2.15. The first-order valence-corrected chi connectivity index (χ1v) is 8.82. The van der Waals surface area contributed by atoms with Crippen molar-refractivity contribution in [3.05, 3.63) is 29.6 Å². The molecule has 1 aliphatic carbocycles. The van der Waals surface area contributed by atoms with E-state index in [0.717, 1.165) is 5.56 Å². The molecular formula is C14H20FNO3S. The second-order valence-electron chi connectivity index (χ2n) is 5.28. The predicted molar refractivity (Wildman–Crippen MR) is 76.1 cm³/mol. The average molecular weight is 301 g/mol. The van der Waals surface area contributed by atoms with Crippen molar-refractivity contribution in [2.45, 2.75) is 31.8 Å². The van der Waals surface area contributed by atoms with Gasteiger partial charge in [0.25, 0.3) is 0 Å². The second-order valence-corrected chi connectivity index (χ2v) is 7.54. The predicted octanol–water partition coefficient (Wildman–Crippen LogP) is 1.89. The smallest absolute Gasteiger partial charge is 0.147 e. The molecule has 1 aromatic rings. The van der Waals surface area contributed by atoms with Gasteiger partial charge in [0.05, 0.1) is 12.4 Å². The average Bonchev–Trinajstić information content (AvgIpc) is 3.14. The lowest BCUT2D eigenvalue weighted by Gasteiger charge is -2.09. The van der Waals surface area contributed by atoms with E-state index in [4.69, 9.17) is 4.74 Å². The summed E-state index contributed by atoms with van der Waals surface area (Å²) in [5.74, 6) is 0.197. The fraction of sp³-hybridized carbons (Fsp3) is 0.571. The fourth-order valence-electron chi connectivity index (χ4n) is 1.87. The quantitative estimate of drug-likeness (QED) is 0.745. The summed E-state index contributed by atoms with van der Waals surface area (Å²) < 4.78 is 40.8. The monoisotopic (exact) mass is 301 g/mol. The number of hydrogen-bond acceptors (Lipinski definition) is 4. The van der Waals surface area contributed by atoms with Gasteiger partial charge in [0.1, 0.15) is 21.4 Å². The molecule has 6 heteroatoms. The van der Waals surface area contributed by atoms with Crippen molar-refractivity contribution in [3.63, 3.8) is 0 Å². The highest BCUT2D eigenvalue weighted by atomic mass is 32.2. The molecule has 0 heterocycles. The summed E-state index contributed by atoms with van der Waals surface area (Å²) in [6.07, 6.45) is 3.97. The molecule has 1 saturated carbocycles. The van der Waals surface area contributed by atoms with E-state index in [2.05, 4.69) is 5.32 Å². The molecule has 1 aromatic carbocycles. The minimum absolute atomic E-state index is 0.0818. The summed E-state index contributed by atoms with van der Waals surface area (Å²) in [5.41, 5.74) is 0.843. The van der Waals surface area contributed by atoms with E-state index in [1.54, 1.807) is 6.07 Å². The first-order chi connectivity index (χ1) is 9.42. The fourth-order valence-corrected chi connectivity index (χ4v) is 2.51. The minimum atomic E-state index is -2.97. The normalized spacial score (nSPS) is 15.3. The Hall–Kier alpha value is -1.14. The maximum Gasteiger partial charge on any atom is 0.147 e. The second kappa shape index (κ2) is 6.54. The highest BCUT2D eigenvalue weighted by molar-refractivity contribution is 7.90. The minimum Gasteiger partial charge on any atom is -0.493 e. The van der Waals surface area contributed by atoms with Gasteiger partial charge in [-0.05, 0) is 37.0 Å². The summed E-state index contributed by atoms with van der Waals surface area (Å²) >= 11 is 0. The van der Waals surface area contributed by atoms with E-state index in [0.29, 0.717) is 24.8 Å². The first kappa shape index (κ1) is 15.3. The van der Waals surface area contributed by atoms with Crippen molar-refractivity contribution in [2.24, 2.45) is 0 Å². The van der Waals surface area contributed by atoms with Gasteiger partial charge >= 0.3 is 0 Å². The molecule has 0 bridgehead atoms. The Kier molecular flexibility index (Phi) is 4.99. The topological polar surface area (TPSA) is 55.4 Å². The Morgan fingerprint density at radius 1 is 1.35 bits per heavy atom. The molecule has 0 saturated heterocycles. The van der Waals surface area contributed by atoms with Crippen molar-refractivity contribution in [3.8, 4) is 5.75 Å². The molecule has 0 radical (unpaired) electrons. The highest BCUT2D eigenvalue weighted by Crippen LogP contribution is 2.21. The van der Waals surface area contributed by atoms with Crippen LogP contribution in [-0.2, 0) is 16.4 Å². The number of benzene rings is 1. The van der Waals surface area contributed by atoms with E-state index in [-0.39, 0.29) is 18.2 Å². The SMILES string of the molecule is CS(=O)(=O)CCCOc1cc(F)cc(CNC2CC2)c1. The molecule has 1 fully saturated rings. The van der Waals surface area contributed by atoms with Crippen LogP contribution in [0.25, 0.3) is 0 Å². The molecular weight excluding hydrogens is 281 g/mol. The molecule has 0 spiro atoms. The Morgan fingerprint density at radius 2 is 2.10 bits per heavy atom. The lowest BCUT2D eigenvalue weighted by molar-refractivity contribution is 0.315. The summed E-state index contributed by atoms with van der Waals surface area (Å²) in [6.45, 7) is 0.897. The number of rotatable bonds is 8. The van der Waals surface area contributed by atoms with Crippen molar-refractivity contribution >= 4 is 9.84 Å². The van der Waals surface area contributed by atoms with Gasteiger partial charge in [-0.25, -0.2) is 12.8 Å². The number of ether oxygens (including phenoxy) is 1. The van der Waals surface area contributed by atoms with Crippen LogP contribution in [0, 0.1) is 5.82 Å². The van der Waals surface area contributed by atoms with E-state index >= 15 is 0 Å². The van der Waals surface area contributed by atoms with Gasteiger partial charge in [-0.3, -0.25) is 0 Å². The zero-order valence-corrected chi connectivity index (χ0v) is 12.4. The van der Waals surface area contributed by atoms with Gasteiger partial charge in [-0.15, -0.1) is 0 Å². The van der Waals surface area contributed by atoms with Crippen LogP contribution in [0.1, 0.15) is 24.8 Å². The van der Waals surface area contributed by atoms with Crippen LogP contribution >= 0.6 is 0 Å². The summed E-state index contributed by atoms with van der Waals surface area (Å²) in [6, 6.07) is 5.16. The molecule has 2 rings (SSSR count). The summed E-state index contributed by atoms with van der Waals surface area (Å²) in [5, 5.41) is 3.31. The van der Waals surface area contributed by atoms with Crippen LogP contribution < -0.4 is 10.1 Å². The van der Waals surface area contributed by atoms with Crippen LogP contribution in [0.2, 0.25) is 0 Å². The maximum atomic E-state index is 13.5. The van der Waals surface area contributed by atoms with Gasteiger partial charge in [0.15, 0.2) is 0 Å². The molecule has 0 aromatic heterocycles. The van der Waals surface area contributed by atoms with Gasteiger partial charge < -0.3 is 10.1 Å². The Labute approximate surface area is 119 Å². The highest BCUT2D eigenvalue weighted by Gasteiger charge is 2.20. The van der Waals surface area contributed by atoms with Crippen LogP contribution in [-0.4, -0.2) is 33.1 Å². The Morgan fingerprint density at radius 3 is 2.75 bits per heavy atom. The van der Waals surface area contributed by atoms with E-state index in [1.165, 1.54) is 31.2 Å². The molecule has 0 atom stereocenters. The maximum absolute atomic E-state index is 13.5. The third kappa shape index (κ3) is 5.88. The summed E-state index contributed by atoms with van der Waals surface area (Å²) in [4.78, 5) is 0. The largest absolute Gasteiger partial charge is 0.493 e. The van der Waals surface area contributed by atoms with Crippen LogP contribution in [0.4, 0.5) is 4.39 Å². The first-order valence-electron chi connectivity index (χ1n) is 6.76. The number of halogens is 1. The third-order valence-electron chi connectivity index (χ3n) is 3.03. The molecule has 0 aliphatic heterocycles. The Bertz CT molecular complexity index is 556. The zero-order valence-electron chi connectivity index (χ0n) is 11.6. The van der Waals surface area contributed by atoms with Crippen molar-refractivity contribution < 1.29 is 17.5 Å². The zero-order chi connectivity index (χ0) is 14.6. The van der Waals surface area contributed by atoms with Gasteiger partial charge in [-0.2, -0.15) is 0 Å². The number of hydrogen-bond donors (Lipinski definition) is 1. The molecule has 20 heavy (non-hydrogen) atoms. The van der Waals surface area contributed by atoms with Gasteiger partial charge in [-0.1, -0.05) is 0 Å². The standard InChI is InChI=1S/C14H20FNO3S/c1-20(17,18)6-2-5-19-14-8-11(7-12(15)9-14)10-16-13-3-4-13/h7-9,13,16H,2-6,10H2,1H3. The van der Waals surface area contributed by atoms with Crippen molar-refractivity contribution in [1.82, 2.24) is 5.32 Å². The molecule has 0 amide bonds. The van der Waals surface area contributed by atoms with Crippen LogP contribution in [0.15, 0.2) is 18.2 Å². The van der Waals surface area contributed by atoms with Crippen molar-refractivity contribution in [1.29, 1.82) is 0 Å².